The summed E-state index contributed by atoms with van der Waals surface area (Å²) < 4.78 is 10.3. The van der Waals surface area contributed by atoms with Crippen molar-refractivity contribution in [1.82, 2.24) is 10.3 Å². The molecule has 1 fully saturated rings. The number of benzene rings is 1. The minimum Gasteiger partial charge on any atom is -0.454 e. The summed E-state index contributed by atoms with van der Waals surface area (Å²) in [7, 11) is 0. The summed E-state index contributed by atoms with van der Waals surface area (Å²) in [5, 5.41) is 14.9. The molecule has 0 bridgehead atoms. The second kappa shape index (κ2) is 7.81. The number of hydrazone groups is 1. The Kier molecular flexibility index (Phi) is 5.30. The van der Waals surface area contributed by atoms with Gasteiger partial charge in [0.25, 0.3) is 11.6 Å². The fourth-order valence-corrected chi connectivity index (χ4v) is 2.80. The van der Waals surface area contributed by atoms with Crippen LogP contribution in [0.25, 0.3) is 0 Å². The van der Waals surface area contributed by atoms with Gasteiger partial charge in [0.15, 0.2) is 11.5 Å². The third-order valence-electron chi connectivity index (χ3n) is 4.12. The minimum atomic E-state index is -0.568. The van der Waals surface area contributed by atoms with Crippen LogP contribution in [0, 0.1) is 10.1 Å². The highest BCUT2D eigenvalue weighted by molar-refractivity contribution is 5.89. The van der Waals surface area contributed by atoms with Gasteiger partial charge in [-0.15, -0.1) is 0 Å². The van der Waals surface area contributed by atoms with E-state index in [4.69, 9.17) is 9.47 Å². The zero-order valence-corrected chi connectivity index (χ0v) is 14.0. The van der Waals surface area contributed by atoms with Crippen molar-refractivity contribution < 1.29 is 24.0 Å². The van der Waals surface area contributed by atoms with Gasteiger partial charge in [-0.3, -0.25) is 19.7 Å². The second-order valence-electron chi connectivity index (χ2n) is 5.94. The van der Waals surface area contributed by atoms with Crippen LogP contribution in [0.5, 0.6) is 11.5 Å². The number of likely N-dealkylation sites (tertiary alicyclic amines) is 1. The van der Waals surface area contributed by atoms with Gasteiger partial charge in [0, 0.05) is 13.0 Å². The third kappa shape index (κ3) is 4.08. The number of hydrogen-bond donors (Lipinski definition) is 1. The maximum atomic E-state index is 12.0. The number of rotatable bonds is 5. The lowest BCUT2D eigenvalue weighted by Crippen LogP contribution is -2.39. The van der Waals surface area contributed by atoms with Gasteiger partial charge in [0.2, 0.25) is 12.7 Å². The van der Waals surface area contributed by atoms with Gasteiger partial charge in [0.05, 0.1) is 22.8 Å². The minimum absolute atomic E-state index is 0.00627. The average molecular weight is 362 g/mol. The van der Waals surface area contributed by atoms with Crippen LogP contribution >= 0.6 is 0 Å². The van der Waals surface area contributed by atoms with Crippen LogP contribution in [0.15, 0.2) is 17.2 Å². The van der Waals surface area contributed by atoms with E-state index < -0.39 is 10.8 Å². The Morgan fingerprint density at radius 2 is 2.08 bits per heavy atom. The largest absolute Gasteiger partial charge is 0.454 e. The smallest absolute Gasteiger partial charge is 0.282 e. The van der Waals surface area contributed by atoms with E-state index in [1.165, 1.54) is 23.2 Å². The van der Waals surface area contributed by atoms with E-state index in [0.29, 0.717) is 18.7 Å². The molecule has 0 aliphatic carbocycles. The van der Waals surface area contributed by atoms with Crippen LogP contribution in [0.2, 0.25) is 0 Å². The Labute approximate surface area is 148 Å². The Balaban J connectivity index is 1.64. The molecule has 138 valence electrons. The van der Waals surface area contributed by atoms with E-state index in [1.807, 2.05) is 0 Å². The molecule has 1 aromatic carbocycles. The zero-order valence-electron chi connectivity index (χ0n) is 14.0. The fraction of sp³-hybridized carbons (Fsp3) is 0.438. The predicted octanol–water partition coefficient (Wildman–Crippen LogP) is 1.18. The molecule has 0 atom stereocenters. The van der Waals surface area contributed by atoms with Crippen LogP contribution in [-0.4, -0.2) is 47.7 Å². The van der Waals surface area contributed by atoms with Crippen molar-refractivity contribution in [2.75, 3.05) is 19.9 Å². The monoisotopic (exact) mass is 362 g/mol. The first-order chi connectivity index (χ1) is 12.5. The van der Waals surface area contributed by atoms with Crippen molar-refractivity contribution in [3.05, 3.63) is 27.8 Å². The van der Waals surface area contributed by atoms with Crippen molar-refractivity contribution in [3.8, 4) is 11.5 Å². The molecular formula is C16H18N4O6. The number of nitrogens with one attached hydrogen (secondary N) is 1. The average Bonchev–Trinajstić information content (AvgIpc) is 2.97. The molecule has 2 aliphatic heterocycles. The van der Waals surface area contributed by atoms with E-state index in [2.05, 4.69) is 10.5 Å². The van der Waals surface area contributed by atoms with E-state index in [1.54, 1.807) is 0 Å². The van der Waals surface area contributed by atoms with Crippen molar-refractivity contribution in [2.45, 2.75) is 25.7 Å². The molecule has 0 aromatic heterocycles. The molecule has 0 saturated carbocycles. The van der Waals surface area contributed by atoms with Gasteiger partial charge in [-0.1, -0.05) is 6.42 Å². The maximum absolute atomic E-state index is 12.0. The predicted molar refractivity (Wildman–Crippen MR) is 90.0 cm³/mol. The highest BCUT2D eigenvalue weighted by atomic mass is 16.7. The topological polar surface area (TPSA) is 123 Å². The summed E-state index contributed by atoms with van der Waals surface area (Å²) in [6.45, 7) is 0.455. The zero-order chi connectivity index (χ0) is 18.5. The number of carbonyl (C=O) groups is 2. The van der Waals surface area contributed by atoms with Crippen molar-refractivity contribution in [1.29, 1.82) is 0 Å². The summed E-state index contributed by atoms with van der Waals surface area (Å²) in [5.41, 5.74) is 2.25. The standard InChI is InChI=1S/C16H18N4O6/c21-15(9-19-5-3-1-2-4-16(19)22)18-17-8-11-6-13-14(26-10-25-13)7-12(11)20(23)24/h6-8H,1-5,9-10H2,(H,18,21)/b17-8-. The van der Waals surface area contributed by atoms with Gasteiger partial charge >= 0.3 is 0 Å². The summed E-state index contributed by atoms with van der Waals surface area (Å²) in [4.78, 5) is 35.9. The Bertz CT molecular complexity index is 763. The number of nitro benzene ring substituents is 1. The van der Waals surface area contributed by atoms with E-state index >= 15 is 0 Å². The molecule has 1 saturated heterocycles. The van der Waals surface area contributed by atoms with Gasteiger partial charge in [0.1, 0.15) is 6.54 Å². The highest BCUT2D eigenvalue weighted by Gasteiger charge is 2.23. The molecule has 0 unspecified atom stereocenters. The molecule has 2 amide bonds. The Morgan fingerprint density at radius 1 is 1.31 bits per heavy atom. The summed E-state index contributed by atoms with van der Waals surface area (Å²) in [6, 6.07) is 2.68. The van der Waals surface area contributed by atoms with Gasteiger partial charge in [-0.2, -0.15) is 5.10 Å². The molecule has 26 heavy (non-hydrogen) atoms. The molecular weight excluding hydrogens is 344 g/mol. The quantitative estimate of drug-likeness (QED) is 0.476. The van der Waals surface area contributed by atoms with E-state index in [0.717, 1.165) is 19.3 Å². The second-order valence-corrected chi connectivity index (χ2v) is 5.94. The van der Waals surface area contributed by atoms with Crippen molar-refractivity contribution in [2.24, 2.45) is 5.10 Å². The lowest BCUT2D eigenvalue weighted by molar-refractivity contribution is -0.385. The van der Waals surface area contributed by atoms with Crippen LogP contribution < -0.4 is 14.9 Å². The molecule has 0 spiro atoms. The number of nitrogens with zero attached hydrogens (tertiary/aromatic N) is 3. The molecule has 0 radical (unpaired) electrons. The lowest BCUT2D eigenvalue weighted by Gasteiger charge is -2.18. The van der Waals surface area contributed by atoms with E-state index in [9.17, 15) is 19.7 Å². The molecule has 10 heteroatoms. The molecule has 1 aromatic rings. The molecule has 2 heterocycles. The van der Waals surface area contributed by atoms with Crippen LogP contribution in [-0.2, 0) is 9.59 Å². The normalized spacial score (nSPS) is 16.6. The molecule has 3 rings (SSSR count). The summed E-state index contributed by atoms with van der Waals surface area (Å²) in [5.74, 6) is 0.157. The highest BCUT2D eigenvalue weighted by Crippen LogP contribution is 2.37. The van der Waals surface area contributed by atoms with Gasteiger partial charge in [-0.25, -0.2) is 5.43 Å². The summed E-state index contributed by atoms with van der Waals surface area (Å²) >= 11 is 0. The van der Waals surface area contributed by atoms with Gasteiger partial charge in [-0.05, 0) is 18.9 Å². The van der Waals surface area contributed by atoms with Crippen LogP contribution in [0.4, 0.5) is 5.69 Å². The molecule has 1 N–H and O–H groups in total. The molecule has 10 nitrogen and oxygen atoms in total. The molecule has 2 aliphatic rings. The SMILES string of the molecule is O=C(CN1CCCCCC1=O)N/N=C\c1cc2c(cc1[N+](=O)[O-])OCO2. The Hall–Kier alpha value is -3.17. The first kappa shape index (κ1) is 17.6. The van der Waals surface area contributed by atoms with Crippen LogP contribution in [0.1, 0.15) is 31.2 Å². The lowest BCUT2D eigenvalue weighted by atomic mass is 10.1. The third-order valence-corrected chi connectivity index (χ3v) is 4.12. The first-order valence-electron chi connectivity index (χ1n) is 8.22. The van der Waals surface area contributed by atoms with Crippen LogP contribution in [0.3, 0.4) is 0 Å². The van der Waals surface area contributed by atoms with Crippen molar-refractivity contribution in [3.63, 3.8) is 0 Å². The number of ether oxygens (including phenoxy) is 2. The number of carbonyl (C=O) groups excluding carboxylic acids is 2. The number of hydrogen-bond acceptors (Lipinski definition) is 7. The van der Waals surface area contributed by atoms with Crippen molar-refractivity contribution >= 4 is 23.7 Å². The Morgan fingerprint density at radius 3 is 2.85 bits per heavy atom. The first-order valence-corrected chi connectivity index (χ1v) is 8.22. The van der Waals surface area contributed by atoms with Gasteiger partial charge < -0.3 is 14.4 Å². The number of fused-ring (bicyclic) bond motifs is 1. The maximum Gasteiger partial charge on any atom is 0.282 e. The summed E-state index contributed by atoms with van der Waals surface area (Å²) in [6.07, 6.45) is 4.28. The number of nitro groups is 1. The number of amides is 2. The van der Waals surface area contributed by atoms with E-state index in [-0.39, 0.29) is 36.2 Å². The fourth-order valence-electron chi connectivity index (χ4n) is 2.80.